The molecule has 2 amide bonds. The van der Waals surface area contributed by atoms with Crippen LogP contribution in [0.15, 0.2) is 4.90 Å². The van der Waals surface area contributed by atoms with E-state index in [4.69, 9.17) is 0 Å². The van der Waals surface area contributed by atoms with Crippen molar-refractivity contribution in [2.75, 3.05) is 39.3 Å². The zero-order valence-electron chi connectivity index (χ0n) is 23.6. The standard InChI is InChI=1S/C26H45N7O6S/c1-17-24(18(2)32-31-17)40(38,39)33-22(26(36)37)15-29-23(34)16-30-25(35)21(5-3-19-7-11-27-12-8-19)6-4-20-9-13-28-14-10-20/h19-22,27-28,33H,3-16H2,1-2H3,(H,29,34)(H,30,35)(H,31,32)(H,36,37). The topological polar surface area (TPSA) is 194 Å². The molecule has 0 saturated carbocycles. The second-order valence-electron chi connectivity index (χ2n) is 11.0. The van der Waals surface area contributed by atoms with Crippen LogP contribution in [0.4, 0.5) is 0 Å². The molecule has 2 aliphatic heterocycles. The minimum atomic E-state index is -4.19. The highest BCUT2D eigenvalue weighted by atomic mass is 32.2. The van der Waals surface area contributed by atoms with E-state index in [0.717, 1.165) is 77.5 Å². The summed E-state index contributed by atoms with van der Waals surface area (Å²) < 4.78 is 27.6. The van der Waals surface area contributed by atoms with Crippen molar-refractivity contribution in [3.05, 3.63) is 11.4 Å². The molecule has 2 aliphatic rings. The number of sulfonamides is 1. The van der Waals surface area contributed by atoms with Gasteiger partial charge in [-0.2, -0.15) is 9.82 Å². The lowest BCUT2D eigenvalue weighted by Gasteiger charge is -2.27. The van der Waals surface area contributed by atoms with Crippen LogP contribution < -0.4 is 26.0 Å². The van der Waals surface area contributed by atoms with Gasteiger partial charge in [0.2, 0.25) is 21.8 Å². The normalized spacial score (nSPS) is 18.0. The van der Waals surface area contributed by atoms with Crippen molar-refractivity contribution in [1.29, 1.82) is 0 Å². The number of carboxylic acid groups (broad SMARTS) is 1. The molecule has 3 heterocycles. The summed E-state index contributed by atoms with van der Waals surface area (Å²) in [5, 5.41) is 27.8. The maximum Gasteiger partial charge on any atom is 0.323 e. The van der Waals surface area contributed by atoms with Crippen LogP contribution in [-0.2, 0) is 24.4 Å². The third kappa shape index (κ3) is 9.82. The van der Waals surface area contributed by atoms with Crippen molar-refractivity contribution >= 4 is 27.8 Å². The number of carbonyl (C=O) groups excluding carboxylic acids is 2. The van der Waals surface area contributed by atoms with Crippen molar-refractivity contribution in [3.8, 4) is 0 Å². The van der Waals surface area contributed by atoms with E-state index in [1.54, 1.807) is 0 Å². The van der Waals surface area contributed by atoms with Gasteiger partial charge in [0.1, 0.15) is 10.9 Å². The summed E-state index contributed by atoms with van der Waals surface area (Å²) in [7, 11) is -4.19. The van der Waals surface area contributed by atoms with Gasteiger partial charge in [0.05, 0.1) is 17.9 Å². The van der Waals surface area contributed by atoms with Gasteiger partial charge in [-0.05, 0) is 103 Å². The first-order valence-electron chi connectivity index (χ1n) is 14.3. The van der Waals surface area contributed by atoms with E-state index in [0.29, 0.717) is 11.8 Å². The second kappa shape index (κ2) is 15.5. The molecule has 0 radical (unpaired) electrons. The van der Waals surface area contributed by atoms with Gasteiger partial charge >= 0.3 is 5.97 Å². The monoisotopic (exact) mass is 583 g/mol. The summed E-state index contributed by atoms with van der Waals surface area (Å²) in [6, 6.07) is -1.60. The third-order valence-corrected chi connectivity index (χ3v) is 9.72. The number of hydrogen-bond acceptors (Lipinski definition) is 8. The van der Waals surface area contributed by atoms with Crippen LogP contribution in [0, 0.1) is 31.6 Å². The van der Waals surface area contributed by atoms with Crippen LogP contribution in [0.1, 0.15) is 62.8 Å². The zero-order chi connectivity index (χ0) is 29.1. The average Bonchev–Trinajstić information content (AvgIpc) is 3.29. The van der Waals surface area contributed by atoms with E-state index in [2.05, 4.69) is 36.2 Å². The first kappa shape index (κ1) is 32.0. The zero-order valence-corrected chi connectivity index (χ0v) is 24.4. The summed E-state index contributed by atoms with van der Waals surface area (Å²) in [6.45, 7) is 6.24. The average molecular weight is 584 g/mol. The van der Waals surface area contributed by atoms with Crippen LogP contribution in [0.3, 0.4) is 0 Å². The number of carboxylic acids is 1. The van der Waals surface area contributed by atoms with Crippen LogP contribution in [0.2, 0.25) is 0 Å². The van der Waals surface area contributed by atoms with E-state index in [1.807, 2.05) is 0 Å². The molecule has 2 saturated heterocycles. The van der Waals surface area contributed by atoms with Crippen LogP contribution in [0.25, 0.3) is 0 Å². The van der Waals surface area contributed by atoms with Crippen molar-refractivity contribution in [2.45, 2.75) is 76.2 Å². The van der Waals surface area contributed by atoms with Gasteiger partial charge in [0.15, 0.2) is 0 Å². The Hall–Kier alpha value is -2.55. The van der Waals surface area contributed by atoms with Gasteiger partial charge in [-0.3, -0.25) is 19.5 Å². The number of rotatable bonds is 15. The van der Waals surface area contributed by atoms with Crippen LogP contribution >= 0.6 is 0 Å². The van der Waals surface area contributed by atoms with Gasteiger partial charge in [-0.1, -0.05) is 0 Å². The fourth-order valence-electron chi connectivity index (χ4n) is 5.57. The second-order valence-corrected chi connectivity index (χ2v) is 12.7. The van der Waals surface area contributed by atoms with Gasteiger partial charge in [0.25, 0.3) is 0 Å². The highest BCUT2D eigenvalue weighted by Gasteiger charge is 2.30. The van der Waals surface area contributed by atoms with Crippen LogP contribution in [0.5, 0.6) is 0 Å². The number of aliphatic carboxylic acids is 1. The molecule has 14 heteroatoms. The summed E-state index contributed by atoms with van der Waals surface area (Å²) >= 11 is 0. The quantitative estimate of drug-likeness (QED) is 0.151. The molecule has 1 aromatic rings. The molecular weight excluding hydrogens is 538 g/mol. The number of aromatic nitrogens is 2. The molecule has 0 bridgehead atoms. The summed E-state index contributed by atoms with van der Waals surface area (Å²) in [5.41, 5.74) is 0.478. The lowest BCUT2D eigenvalue weighted by Crippen LogP contribution is -2.50. The molecule has 1 unspecified atom stereocenters. The molecular formula is C26H45N7O6S. The highest BCUT2D eigenvalue weighted by molar-refractivity contribution is 7.89. The maximum absolute atomic E-state index is 13.1. The lowest BCUT2D eigenvalue weighted by atomic mass is 9.84. The van der Waals surface area contributed by atoms with Crippen LogP contribution in [-0.4, -0.2) is 86.8 Å². The SMILES string of the molecule is Cc1n[nH]c(C)c1S(=O)(=O)NC(CNC(=O)CNC(=O)C(CCC1CCNCC1)CCC1CCNCC1)C(=O)O. The maximum atomic E-state index is 13.1. The number of amides is 2. The Kier molecular flexibility index (Phi) is 12.3. The Balaban J connectivity index is 1.50. The Morgan fingerprint density at radius 3 is 1.98 bits per heavy atom. The fourth-order valence-corrected chi connectivity index (χ4v) is 7.13. The number of hydrogen-bond donors (Lipinski definition) is 7. The predicted octanol–water partition coefficient (Wildman–Crippen LogP) is 0.166. The Morgan fingerprint density at radius 1 is 0.950 bits per heavy atom. The Labute approximate surface area is 236 Å². The van der Waals surface area contributed by atoms with E-state index in [-0.39, 0.29) is 34.7 Å². The number of aromatic amines is 1. The molecule has 0 aliphatic carbocycles. The van der Waals surface area contributed by atoms with Gasteiger partial charge in [-0.25, -0.2) is 8.42 Å². The first-order chi connectivity index (χ1) is 19.1. The minimum absolute atomic E-state index is 0.127. The summed E-state index contributed by atoms with van der Waals surface area (Å²) in [6.07, 6.45) is 7.96. The smallest absolute Gasteiger partial charge is 0.323 e. The first-order valence-corrected chi connectivity index (χ1v) is 15.8. The molecule has 7 N–H and O–H groups in total. The summed E-state index contributed by atoms with van der Waals surface area (Å²) in [4.78, 5) is 37.2. The van der Waals surface area contributed by atoms with E-state index < -0.39 is 34.5 Å². The molecule has 226 valence electrons. The van der Waals surface area contributed by atoms with Crippen molar-refractivity contribution in [1.82, 2.24) is 36.2 Å². The van der Waals surface area contributed by atoms with E-state index >= 15 is 0 Å². The number of aryl methyl sites for hydroxylation is 2. The molecule has 0 spiro atoms. The molecule has 0 aromatic carbocycles. The predicted molar refractivity (Wildman–Crippen MR) is 149 cm³/mol. The van der Waals surface area contributed by atoms with E-state index in [9.17, 15) is 27.9 Å². The Morgan fingerprint density at radius 2 is 1.50 bits per heavy atom. The molecule has 13 nitrogen and oxygen atoms in total. The van der Waals surface area contributed by atoms with E-state index in [1.165, 1.54) is 13.8 Å². The highest BCUT2D eigenvalue weighted by Crippen LogP contribution is 2.27. The molecule has 1 aromatic heterocycles. The third-order valence-electron chi connectivity index (χ3n) is 7.99. The van der Waals surface area contributed by atoms with Crippen molar-refractivity contribution in [2.24, 2.45) is 17.8 Å². The van der Waals surface area contributed by atoms with Crippen molar-refractivity contribution in [3.63, 3.8) is 0 Å². The Bertz CT molecular complexity index is 1060. The van der Waals surface area contributed by atoms with Crippen molar-refractivity contribution < 1.29 is 27.9 Å². The molecule has 3 rings (SSSR count). The molecule has 1 atom stereocenters. The number of piperidine rings is 2. The molecule has 2 fully saturated rings. The number of nitrogens with zero attached hydrogens (tertiary/aromatic N) is 1. The number of carbonyl (C=O) groups is 3. The lowest BCUT2D eigenvalue weighted by molar-refractivity contribution is -0.139. The molecule has 40 heavy (non-hydrogen) atoms. The van der Waals surface area contributed by atoms with Gasteiger partial charge < -0.3 is 26.4 Å². The number of H-pyrrole nitrogens is 1. The van der Waals surface area contributed by atoms with Gasteiger partial charge in [0, 0.05) is 12.5 Å². The number of nitrogens with one attached hydrogen (secondary N) is 6. The minimum Gasteiger partial charge on any atom is -0.480 e. The fraction of sp³-hybridized carbons (Fsp3) is 0.769. The van der Waals surface area contributed by atoms with Gasteiger partial charge in [-0.15, -0.1) is 0 Å². The summed E-state index contributed by atoms with van der Waals surface area (Å²) in [5.74, 6) is -1.18. The largest absolute Gasteiger partial charge is 0.480 e.